The first kappa shape index (κ1) is 13.5. The molecular formula is C15H16N2OS. The molecule has 0 saturated heterocycles. The number of aromatic nitrogens is 1. The van der Waals surface area contributed by atoms with Crippen molar-refractivity contribution in [3.05, 3.63) is 52.7 Å². The van der Waals surface area contributed by atoms with Crippen LogP contribution in [0.15, 0.2) is 30.3 Å². The van der Waals surface area contributed by atoms with E-state index in [0.29, 0.717) is 16.4 Å². The van der Waals surface area contributed by atoms with E-state index in [9.17, 15) is 0 Å². The highest BCUT2D eigenvalue weighted by Crippen LogP contribution is 2.26. The van der Waals surface area contributed by atoms with Crippen molar-refractivity contribution in [3.8, 4) is 11.6 Å². The summed E-state index contributed by atoms with van der Waals surface area (Å²) in [5.41, 5.74) is 9.43. The zero-order valence-corrected chi connectivity index (χ0v) is 12.0. The Morgan fingerprint density at radius 2 is 1.95 bits per heavy atom. The molecule has 0 amide bonds. The van der Waals surface area contributed by atoms with Crippen LogP contribution in [-0.2, 0) is 0 Å². The standard InChI is InChI=1S/C15H16N2OS/c1-9-5-4-6-12(7-9)18-15-13(14(16)19)10(2)8-11(3)17-15/h4-8H,1-3H3,(H2,16,19). The summed E-state index contributed by atoms with van der Waals surface area (Å²) >= 11 is 5.08. The number of aryl methyl sites for hydroxylation is 3. The van der Waals surface area contributed by atoms with Crippen LogP contribution >= 0.6 is 12.2 Å². The van der Waals surface area contributed by atoms with Crippen molar-refractivity contribution in [1.29, 1.82) is 0 Å². The molecule has 0 saturated carbocycles. The van der Waals surface area contributed by atoms with Crippen LogP contribution in [0.1, 0.15) is 22.4 Å². The van der Waals surface area contributed by atoms with Gasteiger partial charge in [-0.3, -0.25) is 0 Å². The maximum absolute atomic E-state index is 5.83. The minimum absolute atomic E-state index is 0.299. The Hall–Kier alpha value is -1.94. The smallest absolute Gasteiger partial charge is 0.229 e. The summed E-state index contributed by atoms with van der Waals surface area (Å²) in [6.45, 7) is 5.88. The summed E-state index contributed by atoms with van der Waals surface area (Å²) in [5.74, 6) is 1.20. The first-order valence-electron chi connectivity index (χ1n) is 6.00. The molecule has 3 nitrogen and oxygen atoms in total. The van der Waals surface area contributed by atoms with Gasteiger partial charge in [-0.05, 0) is 50.1 Å². The molecule has 0 bridgehead atoms. The van der Waals surface area contributed by atoms with E-state index in [1.165, 1.54) is 0 Å². The van der Waals surface area contributed by atoms with Crippen molar-refractivity contribution in [2.75, 3.05) is 0 Å². The zero-order valence-electron chi connectivity index (χ0n) is 11.2. The van der Waals surface area contributed by atoms with Gasteiger partial charge in [-0.2, -0.15) is 0 Å². The molecule has 0 spiro atoms. The molecule has 0 radical (unpaired) electrons. The Kier molecular flexibility index (Phi) is 3.81. The molecule has 2 aromatic rings. The van der Waals surface area contributed by atoms with Crippen LogP contribution in [0.4, 0.5) is 0 Å². The molecule has 0 aliphatic heterocycles. The minimum Gasteiger partial charge on any atom is -0.438 e. The van der Waals surface area contributed by atoms with E-state index in [-0.39, 0.29) is 0 Å². The summed E-state index contributed by atoms with van der Waals surface area (Å²) in [4.78, 5) is 4.69. The normalized spacial score (nSPS) is 10.3. The number of hydrogen-bond acceptors (Lipinski definition) is 3. The monoisotopic (exact) mass is 272 g/mol. The highest BCUT2D eigenvalue weighted by atomic mass is 32.1. The van der Waals surface area contributed by atoms with Gasteiger partial charge in [0.2, 0.25) is 5.88 Å². The van der Waals surface area contributed by atoms with Crippen molar-refractivity contribution in [2.24, 2.45) is 5.73 Å². The van der Waals surface area contributed by atoms with Gasteiger partial charge in [-0.1, -0.05) is 24.4 Å². The third kappa shape index (κ3) is 3.09. The average molecular weight is 272 g/mol. The van der Waals surface area contributed by atoms with E-state index in [4.69, 9.17) is 22.7 Å². The van der Waals surface area contributed by atoms with Gasteiger partial charge < -0.3 is 10.5 Å². The number of hydrogen-bond donors (Lipinski definition) is 1. The van der Waals surface area contributed by atoms with E-state index in [1.807, 2.05) is 51.1 Å². The number of pyridine rings is 1. The second-order valence-electron chi connectivity index (χ2n) is 4.54. The molecule has 0 atom stereocenters. The summed E-state index contributed by atoms with van der Waals surface area (Å²) < 4.78 is 5.83. The van der Waals surface area contributed by atoms with Crippen LogP contribution < -0.4 is 10.5 Å². The van der Waals surface area contributed by atoms with Crippen LogP contribution in [-0.4, -0.2) is 9.97 Å². The molecule has 1 aromatic heterocycles. The van der Waals surface area contributed by atoms with Crippen LogP contribution in [0.5, 0.6) is 11.6 Å². The summed E-state index contributed by atoms with van der Waals surface area (Å²) in [6, 6.07) is 9.72. The Bertz CT molecular complexity index is 638. The lowest BCUT2D eigenvalue weighted by molar-refractivity contribution is 0.460. The maximum Gasteiger partial charge on any atom is 0.229 e. The maximum atomic E-state index is 5.83. The van der Waals surface area contributed by atoms with Crippen molar-refractivity contribution >= 4 is 17.2 Å². The van der Waals surface area contributed by atoms with Crippen molar-refractivity contribution in [1.82, 2.24) is 4.98 Å². The predicted octanol–water partition coefficient (Wildman–Crippen LogP) is 3.43. The average Bonchev–Trinajstić information content (AvgIpc) is 2.26. The molecule has 4 heteroatoms. The Balaban J connectivity index is 2.47. The third-order valence-electron chi connectivity index (χ3n) is 2.76. The van der Waals surface area contributed by atoms with E-state index >= 15 is 0 Å². The Morgan fingerprint density at radius 3 is 2.58 bits per heavy atom. The van der Waals surface area contributed by atoms with Crippen molar-refractivity contribution in [3.63, 3.8) is 0 Å². The van der Waals surface area contributed by atoms with Crippen molar-refractivity contribution in [2.45, 2.75) is 20.8 Å². The van der Waals surface area contributed by atoms with Gasteiger partial charge >= 0.3 is 0 Å². The molecule has 0 unspecified atom stereocenters. The van der Waals surface area contributed by atoms with Crippen LogP contribution in [0.2, 0.25) is 0 Å². The van der Waals surface area contributed by atoms with Gasteiger partial charge in [0, 0.05) is 5.69 Å². The lowest BCUT2D eigenvalue weighted by Gasteiger charge is -2.13. The molecule has 0 aliphatic carbocycles. The fourth-order valence-corrected chi connectivity index (χ4v) is 2.21. The molecule has 0 fully saturated rings. The van der Waals surface area contributed by atoms with Crippen LogP contribution in [0, 0.1) is 20.8 Å². The van der Waals surface area contributed by atoms with Gasteiger partial charge in [0.1, 0.15) is 10.7 Å². The zero-order chi connectivity index (χ0) is 14.0. The first-order chi connectivity index (χ1) is 8.97. The van der Waals surface area contributed by atoms with E-state index in [2.05, 4.69) is 4.98 Å². The molecular weight excluding hydrogens is 256 g/mol. The van der Waals surface area contributed by atoms with E-state index in [0.717, 1.165) is 22.6 Å². The number of thiocarbonyl (C=S) groups is 1. The third-order valence-corrected chi connectivity index (χ3v) is 2.97. The number of nitrogens with two attached hydrogens (primary N) is 1. The first-order valence-corrected chi connectivity index (χ1v) is 6.41. The number of rotatable bonds is 3. The quantitative estimate of drug-likeness (QED) is 0.870. The summed E-state index contributed by atoms with van der Waals surface area (Å²) in [7, 11) is 0. The molecule has 1 heterocycles. The Morgan fingerprint density at radius 1 is 1.21 bits per heavy atom. The van der Waals surface area contributed by atoms with Gasteiger partial charge in [-0.25, -0.2) is 4.98 Å². The number of nitrogens with zero attached hydrogens (tertiary/aromatic N) is 1. The summed E-state index contributed by atoms with van der Waals surface area (Å²) in [5, 5.41) is 0. The molecule has 98 valence electrons. The lowest BCUT2D eigenvalue weighted by Crippen LogP contribution is -2.14. The summed E-state index contributed by atoms with van der Waals surface area (Å²) in [6.07, 6.45) is 0. The van der Waals surface area contributed by atoms with Crippen LogP contribution in [0.25, 0.3) is 0 Å². The highest BCUT2D eigenvalue weighted by molar-refractivity contribution is 7.80. The molecule has 19 heavy (non-hydrogen) atoms. The molecule has 2 rings (SSSR count). The molecule has 1 aromatic carbocycles. The largest absolute Gasteiger partial charge is 0.438 e. The molecule has 0 aliphatic rings. The minimum atomic E-state index is 0.299. The second-order valence-corrected chi connectivity index (χ2v) is 4.98. The number of benzene rings is 1. The lowest BCUT2D eigenvalue weighted by atomic mass is 10.1. The predicted molar refractivity (Wildman–Crippen MR) is 80.9 cm³/mol. The highest BCUT2D eigenvalue weighted by Gasteiger charge is 2.13. The Labute approximate surface area is 118 Å². The SMILES string of the molecule is Cc1cccc(Oc2nc(C)cc(C)c2C(N)=S)c1. The fraction of sp³-hybridized carbons (Fsp3) is 0.200. The number of ether oxygens (including phenoxy) is 1. The van der Waals surface area contributed by atoms with Crippen molar-refractivity contribution < 1.29 is 4.74 Å². The second kappa shape index (κ2) is 5.36. The van der Waals surface area contributed by atoms with Gasteiger partial charge in [0.05, 0.1) is 5.56 Å². The van der Waals surface area contributed by atoms with Gasteiger partial charge in [0.25, 0.3) is 0 Å². The van der Waals surface area contributed by atoms with Gasteiger partial charge in [0.15, 0.2) is 0 Å². The van der Waals surface area contributed by atoms with Crippen LogP contribution in [0.3, 0.4) is 0 Å². The van der Waals surface area contributed by atoms with E-state index < -0.39 is 0 Å². The topological polar surface area (TPSA) is 48.1 Å². The molecule has 2 N–H and O–H groups in total. The van der Waals surface area contributed by atoms with Gasteiger partial charge in [-0.15, -0.1) is 0 Å². The van der Waals surface area contributed by atoms with E-state index in [1.54, 1.807) is 0 Å². The fourth-order valence-electron chi connectivity index (χ4n) is 1.97.